The van der Waals surface area contributed by atoms with Gasteiger partial charge in [-0.3, -0.25) is 0 Å². The lowest BCUT2D eigenvalue weighted by Crippen LogP contribution is -2.19. The van der Waals surface area contributed by atoms with Crippen molar-refractivity contribution in [2.24, 2.45) is 0 Å². The van der Waals surface area contributed by atoms with Crippen LogP contribution in [0.3, 0.4) is 0 Å². The Labute approximate surface area is 118 Å². The third-order valence-electron chi connectivity index (χ3n) is 2.87. The lowest BCUT2D eigenvalue weighted by atomic mass is 10.2. The Balaban J connectivity index is 2.17. The first-order chi connectivity index (χ1) is 8.66. The van der Waals surface area contributed by atoms with E-state index in [0.717, 1.165) is 19.3 Å². The van der Waals surface area contributed by atoms with E-state index in [1.54, 1.807) is 4.68 Å². The molecule has 3 heterocycles. The molecule has 1 unspecified atom stereocenters. The number of aromatic nitrogens is 4. The van der Waals surface area contributed by atoms with E-state index in [1.807, 2.05) is 0 Å². The van der Waals surface area contributed by atoms with Gasteiger partial charge in [-0.1, -0.05) is 23.2 Å². The maximum Gasteiger partial charge on any atom is 0.225 e. The molecule has 0 aromatic carbocycles. The quantitative estimate of drug-likeness (QED) is 0.598. The lowest BCUT2D eigenvalue weighted by Gasteiger charge is -2.22. The van der Waals surface area contributed by atoms with Gasteiger partial charge in [0.1, 0.15) is 5.15 Å². The van der Waals surface area contributed by atoms with E-state index in [9.17, 15) is 0 Å². The van der Waals surface area contributed by atoms with E-state index in [2.05, 4.69) is 15.1 Å². The molecule has 18 heavy (non-hydrogen) atoms. The topological polar surface area (TPSA) is 52.8 Å². The average Bonchev–Trinajstić information content (AvgIpc) is 2.67. The minimum atomic E-state index is -0.171. The molecule has 3 rings (SSSR count). The van der Waals surface area contributed by atoms with Crippen LogP contribution < -0.4 is 0 Å². The fraction of sp³-hybridized carbons (Fsp3) is 0.500. The third-order valence-corrected chi connectivity index (χ3v) is 3.57. The summed E-state index contributed by atoms with van der Waals surface area (Å²) in [5.41, 5.74) is 0.511. The fourth-order valence-electron chi connectivity index (χ4n) is 2.05. The Bertz CT molecular complexity index is 594. The number of rotatable bonds is 1. The van der Waals surface area contributed by atoms with Crippen LogP contribution >= 0.6 is 34.8 Å². The molecule has 1 saturated heterocycles. The molecule has 0 aliphatic carbocycles. The fourth-order valence-corrected chi connectivity index (χ4v) is 2.82. The van der Waals surface area contributed by atoms with Gasteiger partial charge in [-0.15, -0.1) is 0 Å². The van der Waals surface area contributed by atoms with Crippen LogP contribution in [0.25, 0.3) is 11.0 Å². The van der Waals surface area contributed by atoms with E-state index in [4.69, 9.17) is 39.5 Å². The van der Waals surface area contributed by atoms with E-state index < -0.39 is 0 Å². The Kier molecular flexibility index (Phi) is 3.32. The Hall–Kier alpha value is -0.620. The van der Waals surface area contributed by atoms with Gasteiger partial charge >= 0.3 is 0 Å². The van der Waals surface area contributed by atoms with Crippen molar-refractivity contribution in [3.8, 4) is 0 Å². The molecule has 0 N–H and O–H groups in total. The summed E-state index contributed by atoms with van der Waals surface area (Å²) in [4.78, 5) is 8.00. The minimum Gasteiger partial charge on any atom is -0.356 e. The van der Waals surface area contributed by atoms with E-state index in [-0.39, 0.29) is 21.8 Å². The molecule has 0 spiro atoms. The Morgan fingerprint density at radius 2 is 1.94 bits per heavy atom. The van der Waals surface area contributed by atoms with E-state index >= 15 is 0 Å². The van der Waals surface area contributed by atoms with Crippen molar-refractivity contribution >= 4 is 45.8 Å². The Morgan fingerprint density at radius 3 is 2.67 bits per heavy atom. The molecule has 0 saturated carbocycles. The second kappa shape index (κ2) is 4.81. The molecule has 0 bridgehead atoms. The molecular weight excluding hydrogens is 298 g/mol. The first-order valence-corrected chi connectivity index (χ1v) is 6.68. The highest BCUT2D eigenvalue weighted by molar-refractivity contribution is 6.41. The summed E-state index contributed by atoms with van der Waals surface area (Å²) in [7, 11) is 0. The number of halogens is 3. The molecule has 5 nitrogen and oxygen atoms in total. The lowest BCUT2D eigenvalue weighted by molar-refractivity contribution is -0.0369. The predicted molar refractivity (Wildman–Crippen MR) is 69.2 cm³/mol. The number of hydrogen-bond acceptors (Lipinski definition) is 4. The molecule has 0 amide bonds. The number of fused-ring (bicyclic) bond motifs is 1. The summed E-state index contributed by atoms with van der Waals surface area (Å²) in [5.74, 6) is 0. The molecule has 2 aromatic heterocycles. The van der Waals surface area contributed by atoms with Gasteiger partial charge in [0.25, 0.3) is 0 Å². The van der Waals surface area contributed by atoms with Crippen molar-refractivity contribution in [1.82, 2.24) is 19.7 Å². The second-order valence-corrected chi connectivity index (χ2v) is 5.09. The van der Waals surface area contributed by atoms with Gasteiger partial charge in [0.05, 0.1) is 5.39 Å². The predicted octanol–water partition coefficient (Wildman–Crippen LogP) is 3.49. The van der Waals surface area contributed by atoms with Crippen LogP contribution in [0.15, 0.2) is 0 Å². The van der Waals surface area contributed by atoms with Gasteiger partial charge in [-0.05, 0) is 30.9 Å². The zero-order valence-electron chi connectivity index (χ0n) is 9.24. The van der Waals surface area contributed by atoms with Crippen LogP contribution in [-0.4, -0.2) is 26.4 Å². The molecule has 96 valence electrons. The summed E-state index contributed by atoms with van der Waals surface area (Å²) in [6, 6.07) is 0. The summed E-state index contributed by atoms with van der Waals surface area (Å²) < 4.78 is 7.30. The normalized spacial score (nSPS) is 20.5. The summed E-state index contributed by atoms with van der Waals surface area (Å²) in [6.45, 7) is 0.705. The largest absolute Gasteiger partial charge is 0.356 e. The molecule has 1 atom stereocenters. The van der Waals surface area contributed by atoms with Crippen molar-refractivity contribution in [2.75, 3.05) is 6.61 Å². The monoisotopic (exact) mass is 306 g/mol. The van der Waals surface area contributed by atoms with Crippen molar-refractivity contribution in [2.45, 2.75) is 25.5 Å². The van der Waals surface area contributed by atoms with Crippen molar-refractivity contribution < 1.29 is 4.74 Å². The van der Waals surface area contributed by atoms with Crippen LogP contribution in [-0.2, 0) is 4.74 Å². The van der Waals surface area contributed by atoms with E-state index in [0.29, 0.717) is 17.6 Å². The average molecular weight is 308 g/mol. The zero-order valence-corrected chi connectivity index (χ0v) is 11.5. The third kappa shape index (κ3) is 2.05. The molecule has 8 heteroatoms. The second-order valence-electron chi connectivity index (χ2n) is 4.04. The highest BCUT2D eigenvalue weighted by Crippen LogP contribution is 2.32. The van der Waals surface area contributed by atoms with Crippen LogP contribution in [0, 0.1) is 0 Å². The molecule has 0 radical (unpaired) electrons. The van der Waals surface area contributed by atoms with Gasteiger partial charge in [-0.25, -0.2) is 9.67 Å². The summed E-state index contributed by atoms with van der Waals surface area (Å²) >= 11 is 17.9. The highest BCUT2D eigenvalue weighted by Gasteiger charge is 2.23. The standard InChI is InChI=1S/C10H9Cl3N4O/c11-7-6-8(12)16-17(5-3-1-2-4-18-5)9(6)15-10(13)14-7/h5H,1-4H2. The van der Waals surface area contributed by atoms with E-state index in [1.165, 1.54) is 0 Å². The maximum atomic E-state index is 6.06. The minimum absolute atomic E-state index is 0.0705. The molecule has 1 fully saturated rings. The van der Waals surface area contributed by atoms with Gasteiger partial charge in [-0.2, -0.15) is 10.1 Å². The summed E-state index contributed by atoms with van der Waals surface area (Å²) in [6.07, 6.45) is 2.83. The van der Waals surface area contributed by atoms with Crippen LogP contribution in [0.2, 0.25) is 15.6 Å². The number of hydrogen-bond donors (Lipinski definition) is 0. The summed E-state index contributed by atoms with van der Waals surface area (Å²) in [5, 5.41) is 5.28. The van der Waals surface area contributed by atoms with Crippen LogP contribution in [0.1, 0.15) is 25.5 Å². The van der Waals surface area contributed by atoms with Crippen LogP contribution in [0.4, 0.5) is 0 Å². The highest BCUT2D eigenvalue weighted by atomic mass is 35.5. The first kappa shape index (κ1) is 12.4. The van der Waals surface area contributed by atoms with Gasteiger partial charge in [0.2, 0.25) is 5.28 Å². The van der Waals surface area contributed by atoms with Gasteiger partial charge in [0, 0.05) is 6.61 Å². The van der Waals surface area contributed by atoms with Gasteiger partial charge in [0.15, 0.2) is 17.0 Å². The van der Waals surface area contributed by atoms with Crippen molar-refractivity contribution in [3.05, 3.63) is 15.6 Å². The van der Waals surface area contributed by atoms with Gasteiger partial charge < -0.3 is 4.74 Å². The van der Waals surface area contributed by atoms with Crippen molar-refractivity contribution in [1.29, 1.82) is 0 Å². The molecule has 1 aliphatic heterocycles. The zero-order chi connectivity index (χ0) is 12.7. The first-order valence-electron chi connectivity index (χ1n) is 5.55. The number of ether oxygens (including phenoxy) is 1. The maximum absolute atomic E-state index is 6.06. The van der Waals surface area contributed by atoms with Crippen LogP contribution in [0.5, 0.6) is 0 Å². The molecule has 1 aliphatic rings. The molecular formula is C10H9Cl3N4O. The molecule has 2 aromatic rings. The van der Waals surface area contributed by atoms with Crippen molar-refractivity contribution in [3.63, 3.8) is 0 Å². The number of nitrogens with zero attached hydrogens (tertiary/aromatic N) is 4. The smallest absolute Gasteiger partial charge is 0.225 e. The Morgan fingerprint density at radius 1 is 1.11 bits per heavy atom. The SMILES string of the molecule is Clc1nc(Cl)c2c(Cl)nn(C3CCCCO3)c2n1.